The van der Waals surface area contributed by atoms with E-state index in [0.29, 0.717) is 150 Å². The summed E-state index contributed by atoms with van der Waals surface area (Å²) < 4.78 is 77.9. The van der Waals surface area contributed by atoms with Gasteiger partial charge in [0.05, 0.1) is 189 Å². The molecule has 0 spiro atoms. The van der Waals surface area contributed by atoms with Gasteiger partial charge in [0.25, 0.3) is 11.8 Å². The van der Waals surface area contributed by atoms with Crippen molar-refractivity contribution in [2.45, 2.75) is 123 Å². The van der Waals surface area contributed by atoms with Crippen molar-refractivity contribution in [3.05, 3.63) is 53.4 Å². The Morgan fingerprint density at radius 3 is 1.53 bits per heavy atom. The number of methoxy groups -OCH3 is 1. The Labute approximate surface area is 548 Å². The molecular weight excluding hydrogens is 1240 g/mol. The van der Waals surface area contributed by atoms with Crippen molar-refractivity contribution >= 4 is 47.2 Å². The third-order valence-electron chi connectivity index (χ3n) is 14.2. The number of carboxylic acids is 1. The molecule has 0 aliphatic carbocycles. The summed E-state index contributed by atoms with van der Waals surface area (Å²) in [7, 11) is 1.63. The van der Waals surface area contributed by atoms with Gasteiger partial charge in [-0.3, -0.25) is 33.7 Å². The molecule has 0 bridgehead atoms. The molecule has 2 aliphatic rings. The van der Waals surface area contributed by atoms with Gasteiger partial charge in [0, 0.05) is 24.9 Å². The van der Waals surface area contributed by atoms with E-state index in [-0.39, 0.29) is 50.6 Å². The van der Waals surface area contributed by atoms with Crippen molar-refractivity contribution in [2.75, 3.05) is 164 Å². The summed E-state index contributed by atoms with van der Waals surface area (Å²) in [5.41, 5.74) is 0.531. The number of nitrogens with zero attached hydrogens (tertiary/aromatic N) is 4. The molecule has 2 aromatic rings. The van der Waals surface area contributed by atoms with Crippen molar-refractivity contribution in [1.29, 1.82) is 0 Å². The highest BCUT2D eigenvalue weighted by molar-refractivity contribution is 6.13. The number of aliphatic hydroxyl groups is 3. The molecule has 0 unspecified atom stereocenters. The number of esters is 1. The average molecular weight is 1340 g/mol. The number of nitrogens with one attached hydrogen (secondary N) is 3. The summed E-state index contributed by atoms with van der Waals surface area (Å²) in [6, 6.07) is 1.10. The van der Waals surface area contributed by atoms with E-state index in [1.807, 2.05) is 0 Å². The Kier molecular flexibility index (Phi) is 38.8. The van der Waals surface area contributed by atoms with Crippen molar-refractivity contribution in [3.8, 4) is 0 Å². The molecule has 7 N–H and O–H groups in total. The Bertz CT molecular complexity index is 2570. The van der Waals surface area contributed by atoms with Gasteiger partial charge in [-0.25, -0.2) is 9.48 Å². The minimum Gasteiger partial charge on any atom is -0.479 e. The number of aryl methyl sites for hydroxylation is 1. The normalized spacial score (nSPS) is 18.4. The van der Waals surface area contributed by atoms with Crippen LogP contribution in [0.4, 0.5) is 5.69 Å². The third kappa shape index (κ3) is 30.8. The number of anilines is 1. The monoisotopic (exact) mass is 1340 g/mol. The lowest BCUT2D eigenvalue weighted by atomic mass is 9.91. The van der Waals surface area contributed by atoms with Gasteiger partial charge in [-0.1, -0.05) is 25.1 Å². The number of aromatic nitrogens is 3. The van der Waals surface area contributed by atoms with Crippen LogP contribution in [0.25, 0.3) is 0 Å². The van der Waals surface area contributed by atoms with Crippen LogP contribution in [0.1, 0.15) is 77.2 Å². The summed E-state index contributed by atoms with van der Waals surface area (Å²) in [4.78, 5) is 92.4. The molecule has 5 amide bonds. The first-order chi connectivity index (χ1) is 45.1. The lowest BCUT2D eigenvalue weighted by Crippen LogP contribution is -2.59. The van der Waals surface area contributed by atoms with Gasteiger partial charge < -0.3 is 103 Å². The smallest absolute Gasteiger partial charge is 0.335 e. The molecule has 2 aliphatic heterocycles. The SMILES string of the molecule is COCCOCCOCCOCCOCCOCCOCCOCCOCCOCCOCCOCCn1cc([C@H](CC(=O)N[C@H](C(=O)N[C@@H](C)C(=O)Nc2ccc(COC(=O)C(C)(C)C)c(CC[C@@H]3O[C@H](C(=O)O)[C@@H](O)[C@H](O)[C@H]3O)c2)C(C)C)N2C(=O)C=CC2=O)nn1. The topological polar surface area (TPSA) is 400 Å². The number of rotatable bonds is 52. The number of benzene rings is 1. The highest BCUT2D eigenvalue weighted by atomic mass is 16.6. The first-order valence-corrected chi connectivity index (χ1v) is 31.5. The number of amides is 5. The number of hydrogen-bond donors (Lipinski definition) is 7. The van der Waals surface area contributed by atoms with Gasteiger partial charge in [-0.15, -0.1) is 5.10 Å². The Morgan fingerprint density at radius 1 is 0.617 bits per heavy atom. The van der Waals surface area contributed by atoms with Crippen LogP contribution >= 0.6 is 0 Å². The minimum atomic E-state index is -1.88. The second-order valence-electron chi connectivity index (χ2n) is 23.0. The fourth-order valence-electron chi connectivity index (χ4n) is 8.91. The van der Waals surface area contributed by atoms with Gasteiger partial charge in [0.2, 0.25) is 17.7 Å². The summed E-state index contributed by atoms with van der Waals surface area (Å²) in [6.07, 6.45) is -5.23. The fourth-order valence-corrected chi connectivity index (χ4v) is 8.91. The van der Waals surface area contributed by atoms with E-state index in [1.165, 1.54) is 23.9 Å². The number of aliphatic carboxylic acids is 1. The summed E-state index contributed by atoms with van der Waals surface area (Å²) >= 11 is 0. The van der Waals surface area contributed by atoms with E-state index >= 15 is 0 Å². The zero-order valence-electron chi connectivity index (χ0n) is 55.1. The molecular formula is C62H99N7O25. The van der Waals surface area contributed by atoms with Crippen LogP contribution < -0.4 is 16.0 Å². The first-order valence-electron chi connectivity index (χ1n) is 31.5. The Hall–Kier alpha value is -6.05. The van der Waals surface area contributed by atoms with E-state index in [4.69, 9.17) is 66.3 Å². The molecule has 1 fully saturated rings. The number of carbonyl (C=O) groups excluding carboxylic acids is 6. The second kappa shape index (κ2) is 45.4. The summed E-state index contributed by atoms with van der Waals surface area (Å²) in [5.74, 6) is -6.02. The minimum absolute atomic E-state index is 0.0603. The van der Waals surface area contributed by atoms with Crippen molar-refractivity contribution in [1.82, 2.24) is 30.5 Å². The van der Waals surface area contributed by atoms with Crippen LogP contribution in [-0.4, -0.2) is 283 Å². The Balaban J connectivity index is 1.09. The maximum Gasteiger partial charge on any atom is 0.335 e. The van der Waals surface area contributed by atoms with E-state index in [1.54, 1.807) is 53.9 Å². The maximum atomic E-state index is 13.8. The molecule has 0 radical (unpaired) electrons. The van der Waals surface area contributed by atoms with Crippen molar-refractivity contribution in [3.63, 3.8) is 0 Å². The number of hydrogen-bond acceptors (Lipinski definition) is 26. The van der Waals surface area contributed by atoms with Gasteiger partial charge in [-0.2, -0.15) is 0 Å². The van der Waals surface area contributed by atoms with Gasteiger partial charge >= 0.3 is 11.9 Å². The lowest BCUT2D eigenvalue weighted by Gasteiger charge is -2.39. The maximum absolute atomic E-state index is 13.8. The van der Waals surface area contributed by atoms with Crippen LogP contribution in [0, 0.1) is 11.3 Å². The molecule has 4 rings (SSSR count). The summed E-state index contributed by atoms with van der Waals surface area (Å²) in [5, 5.41) is 57.1. The standard InChI is InChI=1S/C62H99N7O25/c1-42(2)53(59(77)63-43(3)58(76)64-46-10-8-45(41-93-61(80)62(4,5)6)44(38-46)9-11-49-54(73)55(74)56(75)57(94-49)60(78)79)65-50(70)39-48(69-51(71)12-13-52(69)72)47-40-68(67-66-47)14-15-82-18-19-84-22-23-86-26-27-88-30-31-90-34-35-92-37-36-91-33-32-89-29-28-87-25-24-85-21-20-83-17-16-81-7/h8,10,12-13,38,40,42-43,48-49,53-57,73-75H,9,11,14-37,39,41H2,1-7H3,(H,63,77)(H,64,76)(H,65,70)(H,78,79)/t43-,48-,49-,53-,54-,55+,56-,57-/m0/s1. The molecule has 1 aromatic heterocycles. The van der Waals surface area contributed by atoms with Gasteiger partial charge in [0.15, 0.2) is 6.10 Å². The molecule has 32 heteroatoms. The lowest BCUT2D eigenvalue weighted by molar-refractivity contribution is -0.228. The number of aliphatic hydroxyl groups excluding tert-OH is 3. The average Bonchev–Trinajstić information content (AvgIpc) is 1.43. The highest BCUT2D eigenvalue weighted by Crippen LogP contribution is 2.29. The van der Waals surface area contributed by atoms with E-state index < -0.39 is 108 Å². The predicted molar refractivity (Wildman–Crippen MR) is 331 cm³/mol. The van der Waals surface area contributed by atoms with Gasteiger partial charge in [-0.05, 0) is 69.7 Å². The van der Waals surface area contributed by atoms with Crippen LogP contribution in [0.3, 0.4) is 0 Å². The van der Waals surface area contributed by atoms with Crippen molar-refractivity contribution in [2.24, 2.45) is 11.3 Å². The number of carboxylic acid groups (broad SMARTS) is 1. The van der Waals surface area contributed by atoms with Crippen LogP contribution in [-0.2, 0) is 119 Å². The molecule has 0 saturated carbocycles. The number of ether oxygens (including phenoxy) is 14. The molecule has 1 saturated heterocycles. The highest BCUT2D eigenvalue weighted by Gasteiger charge is 2.46. The largest absolute Gasteiger partial charge is 0.479 e. The zero-order chi connectivity index (χ0) is 68.7. The summed E-state index contributed by atoms with van der Waals surface area (Å²) in [6.45, 7) is 19.7. The fraction of sp³-hybridized carbons (Fsp3) is 0.726. The zero-order valence-corrected chi connectivity index (χ0v) is 55.1. The van der Waals surface area contributed by atoms with Gasteiger partial charge in [0.1, 0.15) is 42.7 Å². The predicted octanol–water partition coefficient (Wildman–Crippen LogP) is -0.296. The Morgan fingerprint density at radius 2 is 1.09 bits per heavy atom. The molecule has 1 aromatic carbocycles. The van der Waals surface area contributed by atoms with Crippen LogP contribution in [0.2, 0.25) is 0 Å². The number of imide groups is 1. The molecule has 8 atom stereocenters. The first kappa shape index (κ1) is 80.4. The number of carbonyl (C=O) groups is 7. The van der Waals surface area contributed by atoms with E-state index in [9.17, 15) is 54.0 Å². The van der Waals surface area contributed by atoms with Crippen LogP contribution in [0.5, 0.6) is 0 Å². The molecule has 532 valence electrons. The molecule has 32 nitrogen and oxygen atoms in total. The van der Waals surface area contributed by atoms with E-state index in [2.05, 4.69) is 26.3 Å². The second-order valence-corrected chi connectivity index (χ2v) is 23.0. The molecule has 94 heavy (non-hydrogen) atoms. The van der Waals surface area contributed by atoms with E-state index in [0.717, 1.165) is 17.1 Å². The molecule has 3 heterocycles. The third-order valence-corrected chi connectivity index (χ3v) is 14.2. The van der Waals surface area contributed by atoms with Crippen LogP contribution in [0.15, 0.2) is 36.5 Å². The quantitative estimate of drug-likeness (QED) is 0.0254. The van der Waals surface area contributed by atoms with Crippen molar-refractivity contribution < 1.29 is 120 Å².